The molecular weight excluding hydrogens is 394 g/mol. The highest BCUT2D eigenvalue weighted by molar-refractivity contribution is 6.00. The van der Waals surface area contributed by atoms with Gasteiger partial charge in [-0.05, 0) is 41.5 Å². The van der Waals surface area contributed by atoms with Crippen LogP contribution in [0.1, 0.15) is 11.1 Å². The second-order valence-electron chi connectivity index (χ2n) is 6.95. The summed E-state index contributed by atoms with van der Waals surface area (Å²) in [4.78, 5) is 12.3. The summed E-state index contributed by atoms with van der Waals surface area (Å²) in [7, 11) is 1.63. The third-order valence-electron chi connectivity index (χ3n) is 4.68. The minimum absolute atomic E-state index is 0.0602. The van der Waals surface area contributed by atoms with Crippen molar-refractivity contribution in [1.29, 1.82) is 0 Å². The smallest absolute Gasteiger partial charge is 0.251 e. The van der Waals surface area contributed by atoms with Crippen molar-refractivity contribution in [2.45, 2.75) is 13.2 Å². The highest BCUT2D eigenvalue weighted by Gasteiger charge is 2.11. The van der Waals surface area contributed by atoms with Gasteiger partial charge in [-0.1, -0.05) is 42.5 Å². The van der Waals surface area contributed by atoms with Gasteiger partial charge in [0.1, 0.15) is 24.7 Å². The molecule has 0 saturated heterocycles. The van der Waals surface area contributed by atoms with Crippen LogP contribution in [0.3, 0.4) is 0 Å². The number of amides is 1. The van der Waals surface area contributed by atoms with Gasteiger partial charge >= 0.3 is 0 Å². The molecule has 0 radical (unpaired) electrons. The van der Waals surface area contributed by atoms with Gasteiger partial charge in [-0.25, -0.2) is 0 Å². The van der Waals surface area contributed by atoms with Crippen LogP contribution in [0, 0.1) is 0 Å². The zero-order chi connectivity index (χ0) is 21.5. The van der Waals surface area contributed by atoms with Crippen molar-refractivity contribution >= 4 is 22.6 Å². The maximum absolute atomic E-state index is 12.3. The number of hydrogen-bond donors (Lipinski definition) is 2. The number of nitrogens with zero attached hydrogens (tertiary/aromatic N) is 1. The standard InChI is InChI=1S/C24H23N3O4/c1-29-19-9-5-8-18(12-19)15-31-20-10-11-22-21(13-20)24(27-26-22)25-23(28)16-30-14-17-6-3-2-4-7-17/h2-13H,14-16H2,1H3,(H2,25,26,27,28). The van der Waals surface area contributed by atoms with Crippen LogP contribution < -0.4 is 14.8 Å². The summed E-state index contributed by atoms with van der Waals surface area (Å²) in [5.41, 5.74) is 2.81. The number of benzene rings is 3. The first kappa shape index (κ1) is 20.4. The number of anilines is 1. The van der Waals surface area contributed by atoms with E-state index < -0.39 is 0 Å². The molecule has 0 aliphatic heterocycles. The quantitative estimate of drug-likeness (QED) is 0.424. The third-order valence-corrected chi connectivity index (χ3v) is 4.68. The Morgan fingerprint density at radius 1 is 0.935 bits per heavy atom. The molecule has 3 aromatic carbocycles. The van der Waals surface area contributed by atoms with E-state index in [9.17, 15) is 4.79 Å². The molecule has 0 spiro atoms. The zero-order valence-electron chi connectivity index (χ0n) is 17.1. The van der Waals surface area contributed by atoms with Gasteiger partial charge in [0.2, 0.25) is 0 Å². The van der Waals surface area contributed by atoms with Crippen molar-refractivity contribution in [3.8, 4) is 11.5 Å². The molecule has 0 aliphatic carbocycles. The van der Waals surface area contributed by atoms with Crippen molar-refractivity contribution in [3.63, 3.8) is 0 Å². The van der Waals surface area contributed by atoms with E-state index in [2.05, 4.69) is 15.5 Å². The van der Waals surface area contributed by atoms with Crippen LogP contribution in [-0.4, -0.2) is 29.8 Å². The lowest BCUT2D eigenvalue weighted by atomic mass is 10.2. The van der Waals surface area contributed by atoms with E-state index in [0.29, 0.717) is 24.8 Å². The van der Waals surface area contributed by atoms with Crippen LogP contribution in [0.2, 0.25) is 0 Å². The minimum atomic E-state index is -0.271. The second-order valence-corrected chi connectivity index (χ2v) is 6.95. The van der Waals surface area contributed by atoms with Crippen LogP contribution in [-0.2, 0) is 22.7 Å². The van der Waals surface area contributed by atoms with Crippen molar-refractivity contribution in [2.75, 3.05) is 19.0 Å². The zero-order valence-corrected chi connectivity index (χ0v) is 17.1. The lowest BCUT2D eigenvalue weighted by Gasteiger charge is -2.08. The number of nitrogens with one attached hydrogen (secondary N) is 2. The Labute approximate surface area is 180 Å². The van der Waals surface area contributed by atoms with E-state index in [1.807, 2.05) is 72.8 Å². The molecule has 31 heavy (non-hydrogen) atoms. The predicted octanol–water partition coefficient (Wildman–Crippen LogP) is 4.31. The number of carbonyl (C=O) groups excluding carboxylic acids is 1. The van der Waals surface area contributed by atoms with E-state index in [1.165, 1.54) is 0 Å². The fourth-order valence-corrected chi connectivity index (χ4v) is 3.11. The molecule has 0 aliphatic rings. The Bertz CT molecular complexity index is 1160. The highest BCUT2D eigenvalue weighted by Crippen LogP contribution is 2.26. The summed E-state index contributed by atoms with van der Waals surface area (Å²) in [5.74, 6) is 1.63. The van der Waals surface area contributed by atoms with Gasteiger partial charge in [0.05, 0.1) is 19.2 Å². The Balaban J connectivity index is 1.36. The van der Waals surface area contributed by atoms with Gasteiger partial charge in [-0.3, -0.25) is 9.89 Å². The number of aromatic nitrogens is 2. The van der Waals surface area contributed by atoms with Gasteiger partial charge in [-0.15, -0.1) is 0 Å². The molecular formula is C24H23N3O4. The molecule has 1 aromatic heterocycles. The molecule has 7 nitrogen and oxygen atoms in total. The van der Waals surface area contributed by atoms with Crippen LogP contribution in [0.4, 0.5) is 5.82 Å². The third kappa shape index (κ3) is 5.40. The van der Waals surface area contributed by atoms with E-state index >= 15 is 0 Å². The molecule has 0 bridgehead atoms. The first-order valence-corrected chi connectivity index (χ1v) is 9.86. The maximum Gasteiger partial charge on any atom is 0.251 e. The number of methoxy groups -OCH3 is 1. The Morgan fingerprint density at radius 2 is 1.77 bits per heavy atom. The van der Waals surface area contributed by atoms with Crippen molar-refractivity contribution in [1.82, 2.24) is 10.2 Å². The first-order chi connectivity index (χ1) is 15.2. The topological polar surface area (TPSA) is 85.5 Å². The number of ether oxygens (including phenoxy) is 3. The molecule has 0 fully saturated rings. The molecule has 4 rings (SSSR count). The average Bonchev–Trinajstić information content (AvgIpc) is 3.20. The minimum Gasteiger partial charge on any atom is -0.497 e. The van der Waals surface area contributed by atoms with Gasteiger partial charge in [0.15, 0.2) is 5.82 Å². The molecule has 1 amide bonds. The van der Waals surface area contributed by atoms with Crippen LogP contribution >= 0.6 is 0 Å². The molecule has 2 N–H and O–H groups in total. The number of rotatable bonds is 9. The van der Waals surface area contributed by atoms with Gasteiger partial charge in [0.25, 0.3) is 5.91 Å². The highest BCUT2D eigenvalue weighted by atomic mass is 16.5. The summed E-state index contributed by atoms with van der Waals surface area (Å²) in [5, 5.41) is 10.7. The molecule has 0 saturated carbocycles. The first-order valence-electron chi connectivity index (χ1n) is 9.86. The van der Waals surface area contributed by atoms with Crippen molar-refractivity contribution in [2.24, 2.45) is 0 Å². The number of hydrogen-bond acceptors (Lipinski definition) is 5. The van der Waals surface area contributed by atoms with Crippen LogP contribution in [0.15, 0.2) is 72.8 Å². The van der Waals surface area contributed by atoms with Gasteiger partial charge in [0, 0.05) is 5.39 Å². The molecule has 0 atom stereocenters. The number of fused-ring (bicyclic) bond motifs is 1. The fourth-order valence-electron chi connectivity index (χ4n) is 3.11. The van der Waals surface area contributed by atoms with Crippen LogP contribution in [0.5, 0.6) is 11.5 Å². The second kappa shape index (κ2) is 9.77. The summed E-state index contributed by atoms with van der Waals surface area (Å²) in [6.07, 6.45) is 0. The summed E-state index contributed by atoms with van der Waals surface area (Å²) < 4.78 is 16.6. The SMILES string of the molecule is COc1cccc(COc2ccc3[nH]nc(NC(=O)COCc4ccccc4)c3c2)c1. The summed E-state index contributed by atoms with van der Waals surface area (Å²) >= 11 is 0. The Morgan fingerprint density at radius 3 is 2.61 bits per heavy atom. The van der Waals surface area contributed by atoms with E-state index in [-0.39, 0.29) is 12.5 Å². The van der Waals surface area contributed by atoms with Crippen molar-refractivity contribution < 1.29 is 19.0 Å². The predicted molar refractivity (Wildman–Crippen MR) is 118 cm³/mol. The van der Waals surface area contributed by atoms with Crippen molar-refractivity contribution in [3.05, 3.63) is 83.9 Å². The van der Waals surface area contributed by atoms with E-state index in [0.717, 1.165) is 27.8 Å². The summed E-state index contributed by atoms with van der Waals surface area (Å²) in [6, 6.07) is 23.0. The molecule has 1 heterocycles. The van der Waals surface area contributed by atoms with Crippen LogP contribution in [0.25, 0.3) is 10.9 Å². The number of carbonyl (C=O) groups is 1. The monoisotopic (exact) mass is 417 g/mol. The molecule has 0 unspecified atom stereocenters. The van der Waals surface area contributed by atoms with Gasteiger partial charge < -0.3 is 19.5 Å². The fraction of sp³-hybridized carbons (Fsp3) is 0.167. The number of H-pyrrole nitrogens is 1. The van der Waals surface area contributed by atoms with Gasteiger partial charge in [-0.2, -0.15) is 5.10 Å². The normalized spacial score (nSPS) is 10.7. The number of aromatic amines is 1. The Kier molecular flexibility index (Phi) is 6.44. The summed E-state index contributed by atoms with van der Waals surface area (Å²) in [6.45, 7) is 0.711. The van der Waals surface area contributed by atoms with E-state index in [1.54, 1.807) is 7.11 Å². The van der Waals surface area contributed by atoms with E-state index in [4.69, 9.17) is 14.2 Å². The average molecular weight is 417 g/mol. The molecule has 4 aromatic rings. The molecule has 158 valence electrons. The molecule has 7 heteroatoms. The lowest BCUT2D eigenvalue weighted by molar-refractivity contribution is -0.121. The largest absolute Gasteiger partial charge is 0.497 e. The Hall–Kier alpha value is -3.84. The maximum atomic E-state index is 12.3. The lowest BCUT2D eigenvalue weighted by Crippen LogP contribution is -2.18.